The Morgan fingerprint density at radius 2 is 2.31 bits per heavy atom. The van der Waals surface area contributed by atoms with E-state index < -0.39 is 0 Å². The third kappa shape index (κ3) is 2.21. The molecule has 0 saturated carbocycles. The van der Waals surface area contributed by atoms with E-state index in [9.17, 15) is 5.11 Å². The number of halogens is 1. The Balaban J connectivity index is 2.33. The van der Waals surface area contributed by atoms with Gasteiger partial charge in [0.1, 0.15) is 0 Å². The third-order valence-corrected chi connectivity index (χ3v) is 3.39. The molecule has 1 unspecified atom stereocenters. The van der Waals surface area contributed by atoms with E-state index in [-0.39, 0.29) is 12.6 Å². The minimum Gasteiger partial charge on any atom is -0.394 e. The van der Waals surface area contributed by atoms with Crippen LogP contribution in [0.1, 0.15) is 18.4 Å². The van der Waals surface area contributed by atoms with Gasteiger partial charge in [-0.1, -0.05) is 15.9 Å². The van der Waals surface area contributed by atoms with E-state index in [0.29, 0.717) is 5.56 Å². The van der Waals surface area contributed by atoms with Gasteiger partial charge in [-0.15, -0.1) is 0 Å². The SMILES string of the molecule is N#Cc1cc(Br)cc(N2CCCC2CO)c1. The fourth-order valence-corrected chi connectivity index (χ4v) is 2.65. The smallest absolute Gasteiger partial charge is 0.0992 e. The number of rotatable bonds is 2. The summed E-state index contributed by atoms with van der Waals surface area (Å²) in [5.41, 5.74) is 1.66. The van der Waals surface area contributed by atoms with Crippen LogP contribution in [-0.4, -0.2) is 24.3 Å². The predicted octanol–water partition coefficient (Wildman–Crippen LogP) is 2.28. The number of aliphatic hydroxyl groups is 1. The molecule has 3 nitrogen and oxygen atoms in total. The Kier molecular flexibility index (Phi) is 3.47. The molecule has 1 aliphatic heterocycles. The maximum absolute atomic E-state index is 9.28. The van der Waals surface area contributed by atoms with Crippen molar-refractivity contribution >= 4 is 21.6 Å². The second kappa shape index (κ2) is 4.86. The van der Waals surface area contributed by atoms with E-state index in [1.807, 2.05) is 12.1 Å². The summed E-state index contributed by atoms with van der Waals surface area (Å²) in [5, 5.41) is 18.2. The van der Waals surface area contributed by atoms with Crippen LogP contribution in [0.3, 0.4) is 0 Å². The highest BCUT2D eigenvalue weighted by molar-refractivity contribution is 9.10. The van der Waals surface area contributed by atoms with Crippen LogP contribution in [0.15, 0.2) is 22.7 Å². The molecule has 1 aliphatic rings. The molecule has 4 heteroatoms. The lowest BCUT2D eigenvalue weighted by Crippen LogP contribution is -2.32. The lowest BCUT2D eigenvalue weighted by Gasteiger charge is -2.25. The molecule has 0 amide bonds. The first-order valence-corrected chi connectivity index (χ1v) is 6.12. The summed E-state index contributed by atoms with van der Waals surface area (Å²) in [6, 6.07) is 8.01. The number of aliphatic hydroxyl groups excluding tert-OH is 1. The van der Waals surface area contributed by atoms with Crippen LogP contribution in [0, 0.1) is 11.3 Å². The number of hydrogen-bond acceptors (Lipinski definition) is 3. The number of nitriles is 1. The first kappa shape index (κ1) is 11.4. The molecular formula is C12H13BrN2O. The molecule has 0 bridgehead atoms. The molecule has 1 heterocycles. The van der Waals surface area contributed by atoms with Gasteiger partial charge in [-0.25, -0.2) is 0 Å². The summed E-state index contributed by atoms with van der Waals surface area (Å²) in [6.45, 7) is 1.13. The summed E-state index contributed by atoms with van der Waals surface area (Å²) in [7, 11) is 0. The summed E-state index contributed by atoms with van der Waals surface area (Å²) < 4.78 is 0.908. The molecule has 0 aliphatic carbocycles. The van der Waals surface area contributed by atoms with Crippen molar-refractivity contribution < 1.29 is 5.11 Å². The zero-order chi connectivity index (χ0) is 11.5. The highest BCUT2D eigenvalue weighted by Crippen LogP contribution is 2.28. The Labute approximate surface area is 103 Å². The normalized spacial score (nSPS) is 19.8. The van der Waals surface area contributed by atoms with Gasteiger partial charge in [0, 0.05) is 16.7 Å². The lowest BCUT2D eigenvalue weighted by atomic mass is 10.2. The van der Waals surface area contributed by atoms with E-state index in [0.717, 1.165) is 29.5 Å². The van der Waals surface area contributed by atoms with Gasteiger partial charge in [0.2, 0.25) is 0 Å². The Hall–Kier alpha value is -1.05. The van der Waals surface area contributed by atoms with Crippen LogP contribution in [0.2, 0.25) is 0 Å². The van der Waals surface area contributed by atoms with Gasteiger partial charge < -0.3 is 10.0 Å². The molecule has 0 aromatic heterocycles. The summed E-state index contributed by atoms with van der Waals surface area (Å²) in [5.74, 6) is 0. The molecule has 1 N–H and O–H groups in total. The standard InChI is InChI=1S/C12H13BrN2O/c13-10-4-9(7-14)5-12(6-10)15-3-1-2-11(15)8-16/h4-6,11,16H,1-3,8H2. The Bertz CT molecular complexity index is 428. The second-order valence-corrected chi connectivity index (χ2v) is 4.90. The van der Waals surface area contributed by atoms with Crippen molar-refractivity contribution in [2.75, 3.05) is 18.1 Å². The average molecular weight is 281 g/mol. The van der Waals surface area contributed by atoms with Crippen LogP contribution in [0.5, 0.6) is 0 Å². The molecule has 1 atom stereocenters. The number of anilines is 1. The molecule has 1 fully saturated rings. The molecule has 0 spiro atoms. The Morgan fingerprint density at radius 3 is 3.00 bits per heavy atom. The largest absolute Gasteiger partial charge is 0.394 e. The van der Waals surface area contributed by atoms with E-state index >= 15 is 0 Å². The highest BCUT2D eigenvalue weighted by Gasteiger charge is 2.24. The first-order chi connectivity index (χ1) is 7.74. The van der Waals surface area contributed by atoms with Crippen LogP contribution < -0.4 is 4.90 Å². The minimum atomic E-state index is 0.175. The molecule has 16 heavy (non-hydrogen) atoms. The van der Waals surface area contributed by atoms with Crippen molar-refractivity contribution in [1.82, 2.24) is 0 Å². The molecule has 84 valence electrons. The van der Waals surface area contributed by atoms with Crippen molar-refractivity contribution in [3.63, 3.8) is 0 Å². The molecule has 1 aromatic rings. The monoisotopic (exact) mass is 280 g/mol. The second-order valence-electron chi connectivity index (χ2n) is 3.98. The van der Waals surface area contributed by atoms with Crippen LogP contribution in [0.4, 0.5) is 5.69 Å². The quantitative estimate of drug-likeness (QED) is 0.904. The van der Waals surface area contributed by atoms with Crippen LogP contribution in [0.25, 0.3) is 0 Å². The zero-order valence-corrected chi connectivity index (χ0v) is 10.4. The Morgan fingerprint density at radius 1 is 1.50 bits per heavy atom. The molecule has 1 aromatic carbocycles. The topological polar surface area (TPSA) is 47.3 Å². The molecular weight excluding hydrogens is 268 g/mol. The van der Waals surface area contributed by atoms with Crippen LogP contribution >= 0.6 is 15.9 Å². The fraction of sp³-hybridized carbons (Fsp3) is 0.417. The molecule has 0 radical (unpaired) electrons. The first-order valence-electron chi connectivity index (χ1n) is 5.33. The van der Waals surface area contributed by atoms with Crippen molar-refractivity contribution in [2.45, 2.75) is 18.9 Å². The van der Waals surface area contributed by atoms with Gasteiger partial charge in [0.05, 0.1) is 24.3 Å². The predicted molar refractivity (Wildman–Crippen MR) is 66.3 cm³/mol. The van der Waals surface area contributed by atoms with Gasteiger partial charge in [0.25, 0.3) is 0 Å². The van der Waals surface area contributed by atoms with Crippen molar-refractivity contribution in [3.8, 4) is 6.07 Å². The van der Waals surface area contributed by atoms with Gasteiger partial charge in [-0.05, 0) is 31.0 Å². The van der Waals surface area contributed by atoms with Gasteiger partial charge in [-0.2, -0.15) is 5.26 Å². The van der Waals surface area contributed by atoms with Crippen molar-refractivity contribution in [3.05, 3.63) is 28.2 Å². The maximum Gasteiger partial charge on any atom is 0.0992 e. The van der Waals surface area contributed by atoms with Gasteiger partial charge in [0.15, 0.2) is 0 Å². The van der Waals surface area contributed by atoms with Crippen molar-refractivity contribution in [2.24, 2.45) is 0 Å². The van der Waals surface area contributed by atoms with E-state index in [4.69, 9.17) is 5.26 Å². The van der Waals surface area contributed by atoms with Gasteiger partial charge in [-0.3, -0.25) is 0 Å². The lowest BCUT2D eigenvalue weighted by molar-refractivity contribution is 0.266. The number of nitrogens with zero attached hydrogens (tertiary/aromatic N) is 2. The fourth-order valence-electron chi connectivity index (χ4n) is 2.17. The van der Waals surface area contributed by atoms with E-state index in [1.165, 1.54) is 0 Å². The third-order valence-electron chi connectivity index (χ3n) is 2.93. The average Bonchev–Trinajstić information content (AvgIpc) is 2.76. The highest BCUT2D eigenvalue weighted by atomic mass is 79.9. The summed E-state index contributed by atoms with van der Waals surface area (Å²) >= 11 is 3.40. The zero-order valence-electron chi connectivity index (χ0n) is 8.86. The van der Waals surface area contributed by atoms with E-state index in [2.05, 4.69) is 26.9 Å². The minimum absolute atomic E-state index is 0.175. The van der Waals surface area contributed by atoms with Gasteiger partial charge >= 0.3 is 0 Å². The summed E-state index contributed by atoms with van der Waals surface area (Å²) in [6.07, 6.45) is 2.12. The number of benzene rings is 1. The maximum atomic E-state index is 9.28. The van der Waals surface area contributed by atoms with E-state index in [1.54, 1.807) is 6.07 Å². The molecule has 1 saturated heterocycles. The summed E-state index contributed by atoms with van der Waals surface area (Å²) in [4.78, 5) is 2.17. The van der Waals surface area contributed by atoms with Crippen LogP contribution in [-0.2, 0) is 0 Å². The van der Waals surface area contributed by atoms with Crippen molar-refractivity contribution in [1.29, 1.82) is 5.26 Å². The number of hydrogen-bond donors (Lipinski definition) is 1. The molecule has 2 rings (SSSR count).